The Hall–Kier alpha value is -2.33. The van der Waals surface area contributed by atoms with Gasteiger partial charge in [-0.15, -0.1) is 0 Å². The summed E-state index contributed by atoms with van der Waals surface area (Å²) >= 11 is 0. The van der Waals surface area contributed by atoms with E-state index in [1.165, 1.54) is 11.1 Å². The van der Waals surface area contributed by atoms with Crippen molar-refractivity contribution in [3.63, 3.8) is 0 Å². The molecule has 2 N–H and O–H groups in total. The van der Waals surface area contributed by atoms with Crippen LogP contribution in [0.1, 0.15) is 78.4 Å². The summed E-state index contributed by atoms with van der Waals surface area (Å²) in [6.45, 7) is 9.51. The lowest BCUT2D eigenvalue weighted by molar-refractivity contribution is -0.0382. The highest BCUT2D eigenvalue weighted by atomic mass is 16.5. The average Bonchev–Trinajstić information content (AvgIpc) is 2.66. The Bertz CT molecular complexity index is 913. The molecule has 0 aromatic heterocycles. The van der Waals surface area contributed by atoms with Crippen molar-refractivity contribution in [1.82, 2.24) is 0 Å². The minimum absolute atomic E-state index is 0.0795. The lowest BCUT2D eigenvalue weighted by atomic mass is 9.75. The van der Waals surface area contributed by atoms with Crippen molar-refractivity contribution in [2.45, 2.75) is 58.1 Å². The lowest BCUT2D eigenvalue weighted by Gasteiger charge is -2.44. The van der Waals surface area contributed by atoms with Crippen LogP contribution in [0.15, 0.2) is 36.4 Å². The number of anilines is 1. The molecule has 0 radical (unpaired) electrons. The number of carboxylic acids is 1. The topological polar surface area (TPSA) is 58.6 Å². The van der Waals surface area contributed by atoms with E-state index in [1.54, 1.807) is 12.1 Å². The van der Waals surface area contributed by atoms with Crippen LogP contribution in [0.5, 0.6) is 0 Å². The van der Waals surface area contributed by atoms with E-state index in [2.05, 4.69) is 44.3 Å². The number of ether oxygens (including phenoxy) is 1. The first kappa shape index (κ1) is 19.0. The first-order valence-electron chi connectivity index (χ1n) is 10.1. The van der Waals surface area contributed by atoms with Crippen LogP contribution in [0.25, 0.3) is 0 Å². The second kappa shape index (κ2) is 6.93. The van der Waals surface area contributed by atoms with E-state index in [1.807, 2.05) is 13.0 Å². The van der Waals surface area contributed by atoms with Crippen molar-refractivity contribution in [1.29, 1.82) is 0 Å². The molecule has 0 saturated carbocycles. The molecule has 0 bridgehead atoms. The molecule has 28 heavy (non-hydrogen) atoms. The van der Waals surface area contributed by atoms with Crippen LogP contribution in [-0.4, -0.2) is 17.7 Å². The van der Waals surface area contributed by atoms with Crippen LogP contribution >= 0.6 is 0 Å². The quantitative estimate of drug-likeness (QED) is 0.710. The van der Waals surface area contributed by atoms with E-state index in [9.17, 15) is 9.90 Å². The molecule has 2 aromatic carbocycles. The van der Waals surface area contributed by atoms with Crippen LogP contribution in [0.3, 0.4) is 0 Å². The number of hydrogen-bond donors (Lipinski definition) is 2. The molecule has 2 aliphatic heterocycles. The maximum Gasteiger partial charge on any atom is 0.335 e. The van der Waals surface area contributed by atoms with E-state index in [0.29, 0.717) is 11.5 Å². The predicted octanol–water partition coefficient (Wildman–Crippen LogP) is 5.63. The number of hydrogen-bond acceptors (Lipinski definition) is 3. The number of rotatable bonds is 2. The first-order chi connectivity index (χ1) is 13.3. The summed E-state index contributed by atoms with van der Waals surface area (Å²) in [5.74, 6) is -0.545. The molecular formula is C24H29NO3. The number of carboxylic acid groups (broad SMARTS) is 1. The van der Waals surface area contributed by atoms with Gasteiger partial charge in [0.2, 0.25) is 0 Å². The van der Waals surface area contributed by atoms with Gasteiger partial charge in [0, 0.05) is 23.8 Å². The van der Waals surface area contributed by atoms with E-state index in [4.69, 9.17) is 4.74 Å². The van der Waals surface area contributed by atoms with Gasteiger partial charge in [-0.05, 0) is 60.1 Å². The van der Waals surface area contributed by atoms with Crippen molar-refractivity contribution in [3.8, 4) is 0 Å². The highest BCUT2D eigenvalue weighted by molar-refractivity contribution is 5.88. The Balaban J connectivity index is 1.77. The summed E-state index contributed by atoms with van der Waals surface area (Å²) in [7, 11) is 0. The molecule has 1 saturated heterocycles. The number of aryl methyl sites for hydroxylation is 1. The van der Waals surface area contributed by atoms with E-state index in [0.717, 1.165) is 36.3 Å². The van der Waals surface area contributed by atoms with Crippen molar-refractivity contribution < 1.29 is 14.6 Å². The Kier molecular flexibility index (Phi) is 4.70. The molecule has 0 amide bonds. The summed E-state index contributed by atoms with van der Waals surface area (Å²) in [5.41, 5.74) is 6.31. The van der Waals surface area contributed by atoms with Gasteiger partial charge in [0.25, 0.3) is 0 Å². The van der Waals surface area contributed by atoms with Gasteiger partial charge in [-0.1, -0.05) is 39.0 Å². The molecule has 3 atom stereocenters. The van der Waals surface area contributed by atoms with Gasteiger partial charge in [-0.3, -0.25) is 0 Å². The van der Waals surface area contributed by atoms with Crippen LogP contribution < -0.4 is 5.32 Å². The minimum atomic E-state index is -0.884. The Morgan fingerprint density at radius 3 is 2.61 bits per heavy atom. The van der Waals surface area contributed by atoms with E-state index in [-0.39, 0.29) is 17.6 Å². The van der Waals surface area contributed by atoms with Crippen molar-refractivity contribution in [2.24, 2.45) is 5.92 Å². The third kappa shape index (κ3) is 3.30. The zero-order chi connectivity index (χ0) is 20.1. The summed E-state index contributed by atoms with van der Waals surface area (Å²) in [6, 6.07) is 12.3. The number of carbonyl (C=O) groups is 1. The molecule has 4 nitrogen and oxygen atoms in total. The summed E-state index contributed by atoms with van der Waals surface area (Å²) in [4.78, 5) is 11.3. The molecule has 2 heterocycles. The fraction of sp³-hybridized carbons (Fsp3) is 0.458. The third-order valence-corrected chi connectivity index (χ3v) is 6.18. The van der Waals surface area contributed by atoms with Crippen LogP contribution in [0.2, 0.25) is 0 Å². The van der Waals surface area contributed by atoms with Gasteiger partial charge in [0.15, 0.2) is 0 Å². The average molecular weight is 380 g/mol. The number of nitrogens with one attached hydrogen (secondary N) is 1. The van der Waals surface area contributed by atoms with Gasteiger partial charge in [0.1, 0.15) is 0 Å². The van der Waals surface area contributed by atoms with Crippen molar-refractivity contribution in [3.05, 3.63) is 64.2 Å². The number of aromatic carboxylic acids is 1. The molecule has 4 rings (SSSR count). The van der Waals surface area contributed by atoms with E-state index < -0.39 is 5.97 Å². The third-order valence-electron chi connectivity index (χ3n) is 6.18. The number of fused-ring (bicyclic) bond motifs is 3. The second-order valence-corrected chi connectivity index (χ2v) is 9.15. The zero-order valence-corrected chi connectivity index (χ0v) is 17.1. The number of benzene rings is 2. The molecule has 2 aliphatic rings. The fourth-order valence-corrected chi connectivity index (χ4v) is 4.60. The normalized spacial score (nSPS) is 24.1. The maximum absolute atomic E-state index is 11.3. The Morgan fingerprint density at radius 1 is 1.14 bits per heavy atom. The molecular weight excluding hydrogens is 350 g/mol. The monoisotopic (exact) mass is 379 g/mol. The van der Waals surface area contributed by atoms with Crippen LogP contribution in [-0.2, 0) is 10.2 Å². The van der Waals surface area contributed by atoms with Gasteiger partial charge in [0.05, 0.1) is 17.7 Å². The largest absolute Gasteiger partial charge is 0.478 e. The second-order valence-electron chi connectivity index (χ2n) is 9.15. The summed E-state index contributed by atoms with van der Waals surface area (Å²) < 4.78 is 6.30. The Labute approximate surface area is 166 Å². The fourth-order valence-electron chi connectivity index (χ4n) is 4.60. The van der Waals surface area contributed by atoms with Crippen LogP contribution in [0, 0.1) is 12.8 Å². The SMILES string of the molecule is Cc1cc(C(=O)O)ccc1[C@H]1Nc2ccc(C(C)(C)C)cc2[C@@H]2OCCC[C@H]12. The highest BCUT2D eigenvalue weighted by Crippen LogP contribution is 2.50. The molecule has 148 valence electrons. The minimum Gasteiger partial charge on any atom is -0.478 e. The Morgan fingerprint density at radius 2 is 1.93 bits per heavy atom. The van der Waals surface area contributed by atoms with Crippen molar-refractivity contribution in [2.75, 3.05) is 11.9 Å². The van der Waals surface area contributed by atoms with Gasteiger partial charge in [-0.25, -0.2) is 4.79 Å². The summed E-state index contributed by atoms with van der Waals surface area (Å²) in [5, 5.41) is 13.0. The zero-order valence-electron chi connectivity index (χ0n) is 17.1. The smallest absolute Gasteiger partial charge is 0.335 e. The molecule has 0 unspecified atom stereocenters. The molecule has 0 spiro atoms. The lowest BCUT2D eigenvalue weighted by Crippen LogP contribution is -2.36. The summed E-state index contributed by atoms with van der Waals surface area (Å²) in [6.07, 6.45) is 2.23. The highest BCUT2D eigenvalue weighted by Gasteiger charge is 2.40. The molecule has 0 aliphatic carbocycles. The molecule has 1 fully saturated rings. The van der Waals surface area contributed by atoms with E-state index >= 15 is 0 Å². The molecule has 4 heteroatoms. The van der Waals surface area contributed by atoms with Gasteiger partial charge in [-0.2, -0.15) is 0 Å². The maximum atomic E-state index is 11.3. The molecule has 2 aromatic rings. The first-order valence-corrected chi connectivity index (χ1v) is 10.1. The van der Waals surface area contributed by atoms with Crippen molar-refractivity contribution >= 4 is 11.7 Å². The standard InChI is InChI=1S/C24H29NO3/c1-14-12-15(23(26)27)7-9-17(14)21-18-6-5-11-28-22(18)19-13-16(24(2,3)4)8-10-20(19)25-21/h7-10,12-13,18,21-22,25H,5-6,11H2,1-4H3,(H,26,27)/t18-,21-,22-/m1/s1. The van der Waals surface area contributed by atoms with Gasteiger partial charge < -0.3 is 15.2 Å². The van der Waals surface area contributed by atoms with Crippen LogP contribution in [0.4, 0.5) is 5.69 Å². The van der Waals surface area contributed by atoms with Gasteiger partial charge >= 0.3 is 5.97 Å². The predicted molar refractivity (Wildman–Crippen MR) is 111 cm³/mol.